The topological polar surface area (TPSA) is 216 Å². The second-order valence-corrected chi connectivity index (χ2v) is 16.1. The molecular weight excluding hydrogens is 743 g/mol. The van der Waals surface area contributed by atoms with Gasteiger partial charge in [-0.05, 0) is 106 Å². The van der Waals surface area contributed by atoms with E-state index in [1.54, 1.807) is 12.1 Å². The van der Waals surface area contributed by atoms with Crippen LogP contribution >= 0.6 is 0 Å². The summed E-state index contributed by atoms with van der Waals surface area (Å²) in [5.41, 5.74) is 9.10. The molecule has 1 aromatic heterocycles. The van der Waals surface area contributed by atoms with Crippen molar-refractivity contribution in [1.29, 1.82) is 0 Å². The molecular formula is C41H49N11O6. The molecule has 2 atom stereocenters. The maximum Gasteiger partial charge on any atom is 0.273 e. The number of amides is 6. The zero-order valence-electron chi connectivity index (χ0n) is 32.6. The van der Waals surface area contributed by atoms with Crippen molar-refractivity contribution in [1.82, 2.24) is 35.6 Å². The van der Waals surface area contributed by atoms with Gasteiger partial charge in [0, 0.05) is 63.5 Å². The van der Waals surface area contributed by atoms with Gasteiger partial charge in [-0.15, -0.1) is 10.2 Å². The molecule has 6 heterocycles. The maximum absolute atomic E-state index is 13.3. The van der Waals surface area contributed by atoms with Gasteiger partial charge in [0.15, 0.2) is 11.5 Å². The van der Waals surface area contributed by atoms with E-state index in [1.165, 1.54) is 12.5 Å². The standard InChI is InChI=1S/C41H49N11O6/c1-24(53)43-29-3-2-16-51(23-29)41-46-37(35(36(42)55)47-48-41)44-28-6-4-26(5-7-28)27-14-17-49(18-15-27)22-25-12-19-50(20-13-25)30-8-9-31-32(21-30)40(58)52(39(31)57)33-10-11-34(54)45-38(33)56/h4-9,21,25,27,29,33H,2-3,10-20,22-23H2,1H3,(H2,42,55)(H,43,53)(H,44,46,48)(H,45,54,56). The number of nitrogens with one attached hydrogen (secondary N) is 3. The van der Waals surface area contributed by atoms with Crippen LogP contribution in [0.1, 0.15) is 101 Å². The van der Waals surface area contributed by atoms with Crippen molar-refractivity contribution in [3.63, 3.8) is 0 Å². The fourth-order valence-corrected chi connectivity index (χ4v) is 9.09. The first-order chi connectivity index (χ1) is 28.0. The minimum absolute atomic E-state index is 0.0165. The van der Waals surface area contributed by atoms with Crippen molar-refractivity contribution >= 4 is 58.6 Å². The van der Waals surface area contributed by atoms with Gasteiger partial charge >= 0.3 is 0 Å². The van der Waals surface area contributed by atoms with Crippen LogP contribution in [0.4, 0.5) is 23.1 Å². The van der Waals surface area contributed by atoms with Crippen LogP contribution in [-0.2, 0) is 14.4 Å². The fourth-order valence-electron chi connectivity index (χ4n) is 9.09. The zero-order chi connectivity index (χ0) is 40.5. The highest BCUT2D eigenvalue weighted by Gasteiger charge is 2.45. The summed E-state index contributed by atoms with van der Waals surface area (Å²) in [7, 11) is 0. The number of anilines is 4. The van der Waals surface area contributed by atoms with Crippen LogP contribution in [0.25, 0.3) is 0 Å². The van der Waals surface area contributed by atoms with Gasteiger partial charge in [-0.2, -0.15) is 4.98 Å². The first-order valence-corrected chi connectivity index (χ1v) is 20.3. The van der Waals surface area contributed by atoms with Crippen LogP contribution in [0.15, 0.2) is 42.5 Å². The van der Waals surface area contributed by atoms with Gasteiger partial charge in [-0.1, -0.05) is 12.1 Å². The summed E-state index contributed by atoms with van der Waals surface area (Å²) in [6, 6.07) is 12.6. The number of aromatic nitrogens is 3. The van der Waals surface area contributed by atoms with E-state index >= 15 is 0 Å². The number of benzene rings is 2. The van der Waals surface area contributed by atoms with E-state index in [9.17, 15) is 28.8 Å². The average Bonchev–Trinajstić information content (AvgIpc) is 3.46. The average molecular weight is 792 g/mol. The predicted octanol–water partition coefficient (Wildman–Crippen LogP) is 2.32. The molecule has 0 spiro atoms. The molecule has 6 amide bonds. The smallest absolute Gasteiger partial charge is 0.273 e. The van der Waals surface area contributed by atoms with Gasteiger partial charge in [0.1, 0.15) is 6.04 Å². The number of hydrogen-bond donors (Lipinski definition) is 4. The SMILES string of the molecule is CC(=O)NC1CCCN(c2nnc(C(N)=O)c(Nc3ccc(C4CCN(CC5CCN(c6ccc7c(c6)C(=O)N(C6CCC(=O)NC6=O)C7=O)CC5)CC4)cc3)n2)C1. The van der Waals surface area contributed by atoms with Crippen molar-refractivity contribution in [3.05, 3.63) is 64.8 Å². The van der Waals surface area contributed by atoms with E-state index in [0.717, 1.165) is 87.5 Å². The Balaban J connectivity index is 0.813. The summed E-state index contributed by atoms with van der Waals surface area (Å²) in [5, 5.41) is 16.7. The lowest BCUT2D eigenvalue weighted by Gasteiger charge is -2.38. The second kappa shape index (κ2) is 16.5. The molecule has 2 aromatic carbocycles. The van der Waals surface area contributed by atoms with Crippen LogP contribution in [0, 0.1) is 5.92 Å². The van der Waals surface area contributed by atoms with Crippen LogP contribution < -0.4 is 31.5 Å². The fraction of sp³-hybridized carbons (Fsp3) is 0.488. The molecule has 0 bridgehead atoms. The number of hydrogen-bond acceptors (Lipinski definition) is 13. The minimum atomic E-state index is -0.974. The first-order valence-electron chi connectivity index (χ1n) is 20.3. The number of rotatable bonds is 10. The highest BCUT2D eigenvalue weighted by atomic mass is 16.2. The third-order valence-electron chi connectivity index (χ3n) is 12.2. The molecule has 3 aromatic rings. The van der Waals surface area contributed by atoms with Crippen molar-refractivity contribution in [2.24, 2.45) is 11.7 Å². The number of fused-ring (bicyclic) bond motifs is 1. The van der Waals surface area contributed by atoms with Gasteiger partial charge in [0.05, 0.1) is 11.1 Å². The number of carbonyl (C=O) groups excluding carboxylic acids is 6. The third-order valence-corrected chi connectivity index (χ3v) is 12.2. The molecule has 58 heavy (non-hydrogen) atoms. The number of nitrogens with zero attached hydrogens (tertiary/aromatic N) is 7. The highest BCUT2D eigenvalue weighted by Crippen LogP contribution is 2.34. The summed E-state index contributed by atoms with van der Waals surface area (Å²) in [4.78, 5) is 86.8. The lowest BCUT2D eigenvalue weighted by Crippen LogP contribution is -2.54. The summed E-state index contributed by atoms with van der Waals surface area (Å²) in [6.45, 7) is 7.55. The van der Waals surface area contributed by atoms with E-state index in [4.69, 9.17) is 5.73 Å². The lowest BCUT2D eigenvalue weighted by atomic mass is 9.88. The van der Waals surface area contributed by atoms with Gasteiger partial charge in [0.2, 0.25) is 23.7 Å². The zero-order valence-corrected chi connectivity index (χ0v) is 32.6. The van der Waals surface area contributed by atoms with E-state index in [1.807, 2.05) is 23.1 Å². The maximum atomic E-state index is 13.3. The molecule has 17 nitrogen and oxygen atoms in total. The molecule has 0 saturated carbocycles. The molecule has 17 heteroatoms. The summed E-state index contributed by atoms with van der Waals surface area (Å²) < 4.78 is 0. The number of primary amides is 1. The molecule has 2 unspecified atom stereocenters. The first kappa shape index (κ1) is 38.9. The van der Waals surface area contributed by atoms with E-state index in [0.29, 0.717) is 42.0 Å². The minimum Gasteiger partial charge on any atom is -0.371 e. The van der Waals surface area contributed by atoms with Gasteiger partial charge in [0.25, 0.3) is 17.7 Å². The van der Waals surface area contributed by atoms with Gasteiger partial charge in [-0.3, -0.25) is 39.0 Å². The van der Waals surface area contributed by atoms with Crippen molar-refractivity contribution in [2.75, 3.05) is 60.9 Å². The summed E-state index contributed by atoms with van der Waals surface area (Å²) in [6.07, 6.45) is 6.12. The Morgan fingerprint density at radius 1 is 0.845 bits per heavy atom. The Hall–Kier alpha value is -5.97. The summed E-state index contributed by atoms with van der Waals surface area (Å²) in [5.74, 6) is -1.17. The Bertz CT molecular complexity index is 2110. The van der Waals surface area contributed by atoms with Crippen molar-refractivity contribution < 1.29 is 28.8 Å². The van der Waals surface area contributed by atoms with E-state index < -0.39 is 35.6 Å². The molecule has 5 aliphatic heterocycles. The van der Waals surface area contributed by atoms with E-state index in [2.05, 4.69) is 53.1 Å². The Kier molecular flexibility index (Phi) is 11.0. The number of likely N-dealkylation sites (tertiary alicyclic amines) is 1. The third kappa shape index (κ3) is 8.21. The number of nitrogens with two attached hydrogens (primary N) is 1. The van der Waals surface area contributed by atoms with Crippen LogP contribution in [-0.4, -0.2) is 118 Å². The molecule has 8 rings (SSSR count). The molecule has 4 saturated heterocycles. The van der Waals surface area contributed by atoms with Gasteiger partial charge in [-0.25, -0.2) is 0 Å². The van der Waals surface area contributed by atoms with E-state index in [-0.39, 0.29) is 36.3 Å². The molecule has 5 N–H and O–H groups in total. The Morgan fingerprint density at radius 3 is 2.29 bits per heavy atom. The van der Waals surface area contributed by atoms with Crippen molar-refractivity contribution in [3.8, 4) is 0 Å². The van der Waals surface area contributed by atoms with Gasteiger partial charge < -0.3 is 31.1 Å². The Morgan fingerprint density at radius 2 is 1.59 bits per heavy atom. The highest BCUT2D eigenvalue weighted by molar-refractivity contribution is 6.23. The molecule has 5 aliphatic rings. The van der Waals surface area contributed by atoms with Crippen LogP contribution in [0.2, 0.25) is 0 Å². The summed E-state index contributed by atoms with van der Waals surface area (Å²) >= 11 is 0. The largest absolute Gasteiger partial charge is 0.371 e. The predicted molar refractivity (Wildman–Crippen MR) is 214 cm³/mol. The normalized spacial score (nSPS) is 22.2. The monoisotopic (exact) mass is 791 g/mol. The number of piperidine rings is 4. The number of imide groups is 2. The quantitative estimate of drug-likeness (QED) is 0.217. The Labute approximate surface area is 336 Å². The van der Waals surface area contributed by atoms with Crippen LogP contribution in [0.5, 0.6) is 0 Å². The van der Waals surface area contributed by atoms with Crippen LogP contribution in [0.3, 0.4) is 0 Å². The molecule has 4 fully saturated rings. The van der Waals surface area contributed by atoms with Crippen molar-refractivity contribution in [2.45, 2.75) is 76.3 Å². The molecule has 304 valence electrons. The number of carbonyl (C=O) groups is 6. The second-order valence-electron chi connectivity index (χ2n) is 16.1. The molecule has 0 aliphatic carbocycles. The lowest BCUT2D eigenvalue weighted by molar-refractivity contribution is -0.136. The molecule has 0 radical (unpaired) electrons.